The lowest BCUT2D eigenvalue weighted by molar-refractivity contribution is 0.585. The van der Waals surface area contributed by atoms with Gasteiger partial charge in [-0.05, 0) is 18.2 Å². The van der Waals surface area contributed by atoms with Gasteiger partial charge in [-0.15, -0.1) is 12.4 Å². The number of hydrogen-bond donors (Lipinski definition) is 1. The summed E-state index contributed by atoms with van der Waals surface area (Å²) < 4.78 is 0. The first-order valence-corrected chi connectivity index (χ1v) is 6.09. The first-order chi connectivity index (χ1) is 8.33. The van der Waals surface area contributed by atoms with Gasteiger partial charge >= 0.3 is 0 Å². The molecule has 1 fully saturated rings. The van der Waals surface area contributed by atoms with Crippen LogP contribution in [-0.2, 0) is 0 Å². The van der Waals surface area contributed by atoms with Crippen molar-refractivity contribution < 1.29 is 0 Å². The molecule has 6 heteroatoms. The summed E-state index contributed by atoms with van der Waals surface area (Å²) >= 11 is 5.92. The quantitative estimate of drug-likeness (QED) is 0.871. The monoisotopic (exact) mass is 284 g/mol. The van der Waals surface area contributed by atoms with E-state index in [1.54, 1.807) is 0 Å². The Balaban J connectivity index is 0.00000120. The van der Waals surface area contributed by atoms with Crippen molar-refractivity contribution in [3.8, 4) is 0 Å². The number of nitrogens with one attached hydrogen (secondary N) is 1. The average Bonchev–Trinajstić information content (AvgIpc) is 2.39. The van der Waals surface area contributed by atoms with Crippen LogP contribution in [-0.4, -0.2) is 36.1 Å². The fraction of sp³-hybridized carbons (Fsp3) is 0.333. The van der Waals surface area contributed by atoms with Crippen LogP contribution in [0, 0.1) is 0 Å². The zero-order valence-electron chi connectivity index (χ0n) is 9.77. The van der Waals surface area contributed by atoms with E-state index < -0.39 is 0 Å². The second-order valence-corrected chi connectivity index (χ2v) is 4.53. The Morgan fingerprint density at radius 2 is 1.94 bits per heavy atom. The highest BCUT2D eigenvalue weighted by Gasteiger charge is 2.12. The molecule has 4 nitrogen and oxygen atoms in total. The number of anilines is 1. The molecule has 0 bridgehead atoms. The van der Waals surface area contributed by atoms with Crippen molar-refractivity contribution in [2.24, 2.45) is 0 Å². The van der Waals surface area contributed by atoms with E-state index in [1.165, 1.54) is 0 Å². The van der Waals surface area contributed by atoms with Crippen LogP contribution >= 0.6 is 24.0 Å². The maximum absolute atomic E-state index is 5.92. The van der Waals surface area contributed by atoms with Crippen molar-refractivity contribution in [3.63, 3.8) is 0 Å². The molecule has 0 atom stereocenters. The van der Waals surface area contributed by atoms with Gasteiger partial charge in [0.25, 0.3) is 0 Å². The summed E-state index contributed by atoms with van der Waals surface area (Å²) in [6.07, 6.45) is 1.82. The Morgan fingerprint density at radius 3 is 2.72 bits per heavy atom. The van der Waals surface area contributed by atoms with Gasteiger partial charge in [0.2, 0.25) is 0 Å². The molecule has 0 radical (unpaired) electrons. The van der Waals surface area contributed by atoms with Gasteiger partial charge in [0.1, 0.15) is 5.82 Å². The molecule has 1 saturated heterocycles. The van der Waals surface area contributed by atoms with Crippen LogP contribution in [0.1, 0.15) is 0 Å². The summed E-state index contributed by atoms with van der Waals surface area (Å²) in [5.74, 6) is 0.946. The molecule has 1 N–H and O–H groups in total. The third-order valence-electron chi connectivity index (χ3n) is 2.93. The number of halogens is 2. The van der Waals surface area contributed by atoms with Gasteiger partial charge in [0, 0.05) is 31.2 Å². The number of piperazine rings is 1. The highest BCUT2D eigenvalue weighted by Crippen LogP contribution is 2.19. The van der Waals surface area contributed by atoms with Crippen LogP contribution in [0.15, 0.2) is 24.4 Å². The summed E-state index contributed by atoms with van der Waals surface area (Å²) in [5, 5.41) is 4.02. The summed E-state index contributed by atoms with van der Waals surface area (Å²) in [6.45, 7) is 3.96. The summed E-state index contributed by atoms with van der Waals surface area (Å²) in [7, 11) is 0. The van der Waals surface area contributed by atoms with Crippen LogP contribution in [0.4, 0.5) is 5.82 Å². The number of rotatable bonds is 1. The van der Waals surface area contributed by atoms with E-state index in [0.717, 1.165) is 43.0 Å². The fourth-order valence-electron chi connectivity index (χ4n) is 2.02. The predicted octanol–water partition coefficient (Wildman–Crippen LogP) is 2.11. The van der Waals surface area contributed by atoms with Crippen LogP contribution in [0.2, 0.25) is 5.02 Å². The summed E-state index contributed by atoms with van der Waals surface area (Å²) in [5.41, 5.74) is 1.74. The Morgan fingerprint density at radius 1 is 1.17 bits per heavy atom. The van der Waals surface area contributed by atoms with Gasteiger partial charge in [-0.2, -0.15) is 0 Å². The summed E-state index contributed by atoms with van der Waals surface area (Å²) in [6, 6.07) is 5.60. The van der Waals surface area contributed by atoms with Crippen molar-refractivity contribution in [1.29, 1.82) is 0 Å². The van der Waals surface area contributed by atoms with E-state index in [1.807, 2.05) is 24.4 Å². The maximum Gasteiger partial charge on any atom is 0.147 e. The van der Waals surface area contributed by atoms with Gasteiger partial charge < -0.3 is 10.2 Å². The molecular weight excluding hydrogens is 271 g/mol. The molecule has 1 aliphatic heterocycles. The smallest absolute Gasteiger partial charge is 0.147 e. The molecule has 0 unspecified atom stereocenters. The van der Waals surface area contributed by atoms with Crippen LogP contribution in [0.5, 0.6) is 0 Å². The lowest BCUT2D eigenvalue weighted by atomic mass is 10.3. The Hall–Kier alpha value is -1.10. The van der Waals surface area contributed by atoms with E-state index in [-0.39, 0.29) is 12.4 Å². The topological polar surface area (TPSA) is 41.1 Å². The minimum Gasteiger partial charge on any atom is -0.353 e. The van der Waals surface area contributed by atoms with Crippen molar-refractivity contribution in [2.75, 3.05) is 31.1 Å². The van der Waals surface area contributed by atoms with Crippen molar-refractivity contribution in [1.82, 2.24) is 15.3 Å². The predicted molar refractivity (Wildman–Crippen MR) is 76.9 cm³/mol. The van der Waals surface area contributed by atoms with Gasteiger partial charge in [-0.3, -0.25) is 4.98 Å². The number of aromatic nitrogens is 2. The number of fused-ring (bicyclic) bond motifs is 1. The van der Waals surface area contributed by atoms with Gasteiger partial charge in [-0.25, -0.2) is 4.98 Å². The number of hydrogen-bond acceptors (Lipinski definition) is 4. The Kier molecular flexibility index (Phi) is 4.22. The Labute approximate surface area is 117 Å². The second-order valence-electron chi connectivity index (χ2n) is 4.10. The summed E-state index contributed by atoms with van der Waals surface area (Å²) in [4.78, 5) is 11.3. The van der Waals surface area contributed by atoms with E-state index >= 15 is 0 Å². The minimum absolute atomic E-state index is 0. The van der Waals surface area contributed by atoms with E-state index in [2.05, 4.69) is 20.2 Å². The van der Waals surface area contributed by atoms with Crippen molar-refractivity contribution in [3.05, 3.63) is 29.4 Å². The largest absolute Gasteiger partial charge is 0.353 e. The third kappa shape index (κ3) is 2.66. The van der Waals surface area contributed by atoms with E-state index in [4.69, 9.17) is 11.6 Å². The fourth-order valence-corrected chi connectivity index (χ4v) is 2.19. The van der Waals surface area contributed by atoms with E-state index in [0.29, 0.717) is 5.02 Å². The van der Waals surface area contributed by atoms with Gasteiger partial charge in [-0.1, -0.05) is 11.6 Å². The SMILES string of the molecule is Cl.Clc1ccc2nc(N3CCNCC3)cnc2c1. The average molecular weight is 285 g/mol. The normalized spacial score (nSPS) is 15.5. The lowest BCUT2D eigenvalue weighted by Gasteiger charge is -2.28. The second kappa shape index (κ2) is 5.69. The highest BCUT2D eigenvalue weighted by atomic mass is 35.5. The minimum atomic E-state index is 0. The molecule has 3 rings (SSSR count). The molecule has 0 spiro atoms. The molecule has 0 amide bonds. The van der Waals surface area contributed by atoms with Gasteiger partial charge in [0.15, 0.2) is 0 Å². The van der Waals surface area contributed by atoms with Crippen LogP contribution < -0.4 is 10.2 Å². The maximum atomic E-state index is 5.92. The van der Waals surface area contributed by atoms with Crippen molar-refractivity contribution >= 4 is 40.9 Å². The standard InChI is InChI=1S/C12H13ClN4.ClH/c13-9-1-2-10-11(7-9)15-8-12(16-10)17-5-3-14-4-6-17;/h1-2,7-8,14H,3-6H2;1H. The lowest BCUT2D eigenvalue weighted by Crippen LogP contribution is -2.43. The zero-order valence-corrected chi connectivity index (χ0v) is 11.3. The molecule has 1 aromatic carbocycles. The molecule has 2 aromatic rings. The molecule has 2 heterocycles. The number of benzene rings is 1. The van der Waals surface area contributed by atoms with Gasteiger partial charge in [0.05, 0.1) is 17.2 Å². The molecular formula is C12H14Cl2N4. The molecule has 1 aromatic heterocycles. The third-order valence-corrected chi connectivity index (χ3v) is 3.17. The first-order valence-electron chi connectivity index (χ1n) is 5.71. The van der Waals surface area contributed by atoms with Crippen LogP contribution in [0.25, 0.3) is 11.0 Å². The zero-order chi connectivity index (χ0) is 11.7. The highest BCUT2D eigenvalue weighted by molar-refractivity contribution is 6.31. The first kappa shape index (κ1) is 13.3. The molecule has 18 heavy (non-hydrogen) atoms. The molecule has 1 aliphatic rings. The van der Waals surface area contributed by atoms with Crippen molar-refractivity contribution in [2.45, 2.75) is 0 Å². The number of nitrogens with zero attached hydrogens (tertiary/aromatic N) is 3. The molecule has 0 aliphatic carbocycles. The van der Waals surface area contributed by atoms with E-state index in [9.17, 15) is 0 Å². The Bertz CT molecular complexity index is 541. The molecule has 96 valence electrons. The van der Waals surface area contributed by atoms with Crippen LogP contribution in [0.3, 0.4) is 0 Å². The molecule has 0 saturated carbocycles.